The molecule has 40 heavy (non-hydrogen) atoms. The molecular weight excluding hydrogens is 522 g/mol. The second kappa shape index (κ2) is 12.7. The zero-order chi connectivity index (χ0) is 27.9. The van der Waals surface area contributed by atoms with E-state index in [2.05, 4.69) is 64.1 Å². The van der Waals surface area contributed by atoms with E-state index in [9.17, 15) is 19.8 Å². The molecule has 0 spiro atoms. The van der Waals surface area contributed by atoms with Crippen molar-refractivity contribution in [3.05, 3.63) is 135 Å². The van der Waals surface area contributed by atoms with Crippen molar-refractivity contribution in [2.45, 2.75) is 25.0 Å². The van der Waals surface area contributed by atoms with Gasteiger partial charge >= 0.3 is 4.87 Å². The smallest absolute Gasteiger partial charge is 0.305 e. The summed E-state index contributed by atoms with van der Waals surface area (Å²) in [7, 11) is 0. The van der Waals surface area contributed by atoms with Crippen molar-refractivity contribution in [2.75, 3.05) is 13.1 Å². The van der Waals surface area contributed by atoms with Crippen LogP contribution >= 0.6 is 11.3 Å². The molecule has 1 atom stereocenters. The highest BCUT2D eigenvalue weighted by molar-refractivity contribution is 7.16. The van der Waals surface area contributed by atoms with E-state index < -0.39 is 6.10 Å². The lowest BCUT2D eigenvalue weighted by molar-refractivity contribution is -0.120. The third-order valence-electron chi connectivity index (χ3n) is 6.88. The first-order chi connectivity index (χ1) is 19.5. The van der Waals surface area contributed by atoms with Gasteiger partial charge in [-0.25, -0.2) is 0 Å². The van der Waals surface area contributed by atoms with E-state index in [-0.39, 0.29) is 35.4 Å². The molecule has 5 N–H and O–H groups in total. The van der Waals surface area contributed by atoms with Gasteiger partial charge < -0.3 is 25.8 Å². The number of H-pyrrole nitrogens is 1. The molecule has 0 aliphatic rings. The first kappa shape index (κ1) is 27.3. The first-order valence-corrected chi connectivity index (χ1v) is 14.0. The van der Waals surface area contributed by atoms with Crippen molar-refractivity contribution in [2.24, 2.45) is 0 Å². The molecule has 0 saturated heterocycles. The summed E-state index contributed by atoms with van der Waals surface area (Å²) < 4.78 is 0.480. The summed E-state index contributed by atoms with van der Waals surface area (Å²) >= 11 is 0.915. The van der Waals surface area contributed by atoms with Crippen LogP contribution < -0.4 is 15.5 Å². The molecule has 0 aliphatic carbocycles. The summed E-state index contributed by atoms with van der Waals surface area (Å²) in [6.07, 6.45) is -0.837. The van der Waals surface area contributed by atoms with E-state index in [1.165, 1.54) is 17.2 Å². The molecule has 0 unspecified atom stereocenters. The van der Waals surface area contributed by atoms with Gasteiger partial charge in [0.2, 0.25) is 5.91 Å². The van der Waals surface area contributed by atoms with Crippen molar-refractivity contribution >= 4 is 27.5 Å². The number of fused-ring (bicyclic) bond motifs is 1. The number of aromatic hydroxyl groups is 1. The maximum Gasteiger partial charge on any atom is 0.305 e. The van der Waals surface area contributed by atoms with E-state index in [4.69, 9.17) is 0 Å². The molecule has 5 rings (SSSR count). The van der Waals surface area contributed by atoms with E-state index in [1.807, 2.05) is 36.4 Å². The van der Waals surface area contributed by atoms with Gasteiger partial charge in [-0.3, -0.25) is 9.59 Å². The molecule has 7 nitrogen and oxygen atoms in total. The van der Waals surface area contributed by atoms with Crippen molar-refractivity contribution in [3.8, 4) is 5.75 Å². The van der Waals surface area contributed by atoms with Gasteiger partial charge in [0.15, 0.2) is 0 Å². The Hall–Kier alpha value is -4.24. The Kier molecular flexibility index (Phi) is 8.71. The maximum atomic E-state index is 12.7. The number of phenolic OH excluding ortho intramolecular Hbond substituents is 1. The summed E-state index contributed by atoms with van der Waals surface area (Å²) in [5.41, 5.74) is 5.25. The highest BCUT2D eigenvalue weighted by Crippen LogP contribution is 2.31. The molecular formula is C32H31N3O4S. The van der Waals surface area contributed by atoms with Crippen LogP contribution in [0.5, 0.6) is 5.75 Å². The van der Waals surface area contributed by atoms with E-state index >= 15 is 0 Å². The van der Waals surface area contributed by atoms with Crippen LogP contribution in [0.3, 0.4) is 0 Å². The van der Waals surface area contributed by atoms with E-state index in [0.29, 0.717) is 22.3 Å². The zero-order valence-electron chi connectivity index (χ0n) is 21.8. The molecule has 5 aromatic rings. The van der Waals surface area contributed by atoms with Gasteiger partial charge in [-0.15, -0.1) is 0 Å². The van der Waals surface area contributed by atoms with Crippen molar-refractivity contribution in [3.63, 3.8) is 0 Å². The number of aliphatic hydroxyl groups is 1. The van der Waals surface area contributed by atoms with Crippen LogP contribution in [-0.2, 0) is 17.8 Å². The van der Waals surface area contributed by atoms with Gasteiger partial charge in [0.05, 0.1) is 17.2 Å². The van der Waals surface area contributed by atoms with Crippen LogP contribution in [0.2, 0.25) is 0 Å². The lowest BCUT2D eigenvalue weighted by atomic mass is 9.91. The minimum atomic E-state index is -1.02. The summed E-state index contributed by atoms with van der Waals surface area (Å²) in [4.78, 5) is 26.7. The molecule has 0 saturated carbocycles. The first-order valence-electron chi connectivity index (χ1n) is 13.2. The number of aromatic nitrogens is 1. The molecule has 0 radical (unpaired) electrons. The van der Waals surface area contributed by atoms with E-state index in [0.717, 1.165) is 29.0 Å². The molecule has 1 amide bonds. The molecule has 0 aliphatic heterocycles. The Labute approximate surface area is 236 Å². The van der Waals surface area contributed by atoms with Gasteiger partial charge in [-0.1, -0.05) is 102 Å². The predicted octanol–water partition coefficient (Wildman–Crippen LogP) is 4.61. The number of hydrogen-bond acceptors (Lipinski definition) is 6. The molecule has 4 aromatic carbocycles. The Morgan fingerprint density at radius 1 is 0.850 bits per heavy atom. The van der Waals surface area contributed by atoms with Crippen molar-refractivity contribution in [1.82, 2.24) is 15.6 Å². The summed E-state index contributed by atoms with van der Waals surface area (Å²) in [5.74, 6) is -0.0436. The average molecular weight is 554 g/mol. The van der Waals surface area contributed by atoms with Crippen LogP contribution in [0, 0.1) is 0 Å². The Bertz CT molecular complexity index is 1590. The quantitative estimate of drug-likeness (QED) is 0.164. The molecule has 1 aromatic heterocycles. The number of benzene rings is 4. The second-order valence-electron chi connectivity index (χ2n) is 9.71. The number of hydrogen-bond donors (Lipinski definition) is 5. The second-order valence-corrected chi connectivity index (χ2v) is 10.7. The van der Waals surface area contributed by atoms with Gasteiger partial charge in [0, 0.05) is 31.1 Å². The summed E-state index contributed by atoms with van der Waals surface area (Å²) in [6.45, 7) is 1.43. The number of thiazole rings is 1. The number of amides is 1. The molecule has 1 heterocycles. The predicted molar refractivity (Wildman–Crippen MR) is 159 cm³/mol. The monoisotopic (exact) mass is 553 g/mol. The molecule has 0 fully saturated rings. The largest absolute Gasteiger partial charge is 0.506 e. The minimum Gasteiger partial charge on any atom is -0.506 e. The number of carbonyl (C=O) groups excluding carboxylic acids is 1. The SMILES string of the molecule is O=C(Cc1cccc(CNCC(c2ccccc2)c2ccccc2)c1)NC[C@@H](O)c1ccc(O)c2[nH]c(=O)sc12. The Morgan fingerprint density at radius 3 is 2.23 bits per heavy atom. The topological polar surface area (TPSA) is 114 Å². The van der Waals surface area contributed by atoms with Crippen molar-refractivity contribution in [1.29, 1.82) is 0 Å². The van der Waals surface area contributed by atoms with Gasteiger partial charge in [-0.05, 0) is 28.3 Å². The fourth-order valence-corrected chi connectivity index (χ4v) is 5.80. The minimum absolute atomic E-state index is 0.00753. The number of carbonyl (C=O) groups is 1. The average Bonchev–Trinajstić information content (AvgIpc) is 3.37. The highest BCUT2D eigenvalue weighted by atomic mass is 32.1. The van der Waals surface area contributed by atoms with Crippen LogP contribution in [0.1, 0.15) is 39.8 Å². The molecule has 8 heteroatoms. The number of phenols is 1. The molecule has 204 valence electrons. The lowest BCUT2D eigenvalue weighted by Crippen LogP contribution is -2.29. The Balaban J connectivity index is 1.16. The third-order valence-corrected chi connectivity index (χ3v) is 7.81. The number of rotatable bonds is 11. The van der Waals surface area contributed by atoms with Crippen LogP contribution in [0.4, 0.5) is 0 Å². The van der Waals surface area contributed by atoms with Crippen LogP contribution in [-0.4, -0.2) is 34.2 Å². The van der Waals surface area contributed by atoms with Gasteiger partial charge in [0.1, 0.15) is 11.3 Å². The fourth-order valence-electron chi connectivity index (χ4n) is 4.88. The standard InChI is InChI=1S/C32H31N3O4S/c36-27-15-14-25(31-30(27)35-32(39)40-31)28(37)20-34-29(38)17-21-8-7-9-22(16-21)18-33-19-26(23-10-3-1-4-11-23)24-12-5-2-6-13-24/h1-16,26,28,33,36-37H,17-20H2,(H,34,38)(H,35,39)/t28-/m1/s1. The zero-order valence-corrected chi connectivity index (χ0v) is 22.7. The summed E-state index contributed by atoms with van der Waals surface area (Å²) in [6, 6.07) is 31.8. The Morgan fingerprint density at radius 2 is 1.52 bits per heavy atom. The fraction of sp³-hybridized carbons (Fsp3) is 0.188. The number of aliphatic hydroxyl groups excluding tert-OH is 1. The number of aromatic amines is 1. The van der Waals surface area contributed by atoms with Gasteiger partial charge in [-0.2, -0.15) is 0 Å². The summed E-state index contributed by atoms with van der Waals surface area (Å²) in [5, 5.41) is 27.0. The van der Waals surface area contributed by atoms with Crippen LogP contribution in [0.25, 0.3) is 10.2 Å². The molecule has 0 bridgehead atoms. The maximum absolute atomic E-state index is 12.7. The normalized spacial score (nSPS) is 12.1. The third kappa shape index (κ3) is 6.66. The van der Waals surface area contributed by atoms with E-state index in [1.54, 1.807) is 6.07 Å². The van der Waals surface area contributed by atoms with Crippen molar-refractivity contribution < 1.29 is 15.0 Å². The highest BCUT2D eigenvalue weighted by Gasteiger charge is 2.17. The lowest BCUT2D eigenvalue weighted by Gasteiger charge is -2.19. The van der Waals surface area contributed by atoms with Gasteiger partial charge in [0.25, 0.3) is 0 Å². The van der Waals surface area contributed by atoms with Crippen LogP contribution in [0.15, 0.2) is 102 Å². The number of nitrogens with one attached hydrogen (secondary N) is 3.